The zero-order chi connectivity index (χ0) is 20.4. The van der Waals surface area contributed by atoms with Gasteiger partial charge in [0.2, 0.25) is 0 Å². The summed E-state index contributed by atoms with van der Waals surface area (Å²) in [7, 11) is 1.54. The predicted molar refractivity (Wildman–Crippen MR) is 104 cm³/mol. The second kappa shape index (κ2) is 11.1. The van der Waals surface area contributed by atoms with E-state index in [0.717, 1.165) is 23.8 Å². The molecule has 0 spiro atoms. The number of hydrogen-bond acceptors (Lipinski definition) is 4. The Morgan fingerprint density at radius 2 is 1.93 bits per heavy atom. The summed E-state index contributed by atoms with van der Waals surface area (Å²) in [6.07, 6.45) is 0. The average molecular weight is 393 g/mol. The van der Waals surface area contributed by atoms with Gasteiger partial charge in [0.25, 0.3) is 0 Å². The van der Waals surface area contributed by atoms with E-state index >= 15 is 0 Å². The number of nitrogens with one attached hydrogen (secondary N) is 2. The van der Waals surface area contributed by atoms with Gasteiger partial charge in [-0.05, 0) is 42.8 Å². The van der Waals surface area contributed by atoms with E-state index in [0.29, 0.717) is 30.5 Å². The van der Waals surface area contributed by atoms with Crippen LogP contribution in [-0.4, -0.2) is 37.9 Å². The predicted octanol–water partition coefficient (Wildman–Crippen LogP) is 2.60. The van der Waals surface area contributed by atoms with Crippen molar-refractivity contribution in [3.63, 3.8) is 0 Å². The minimum absolute atomic E-state index is 0.0845. The number of halogens is 2. The van der Waals surface area contributed by atoms with Gasteiger partial charge < -0.3 is 25.2 Å². The van der Waals surface area contributed by atoms with E-state index in [1.165, 1.54) is 7.11 Å². The highest BCUT2D eigenvalue weighted by atomic mass is 19.1. The summed E-state index contributed by atoms with van der Waals surface area (Å²) in [5.74, 6) is 0.589. The van der Waals surface area contributed by atoms with Crippen LogP contribution in [-0.2, 0) is 13.1 Å². The first kappa shape index (κ1) is 21.4. The van der Waals surface area contributed by atoms with Crippen LogP contribution in [0.5, 0.6) is 11.5 Å². The van der Waals surface area contributed by atoms with Crippen LogP contribution in [0.1, 0.15) is 18.1 Å². The van der Waals surface area contributed by atoms with E-state index in [1.54, 1.807) is 12.1 Å². The van der Waals surface area contributed by atoms with E-state index < -0.39 is 11.6 Å². The summed E-state index contributed by atoms with van der Waals surface area (Å²) in [5, 5.41) is 14.9. The van der Waals surface area contributed by atoms with Gasteiger partial charge in [0.1, 0.15) is 18.2 Å². The molecule has 0 amide bonds. The quantitative estimate of drug-likeness (QED) is 0.451. The molecule has 0 saturated carbocycles. The molecule has 0 aliphatic rings. The zero-order valence-electron chi connectivity index (χ0n) is 16.0. The van der Waals surface area contributed by atoms with Crippen molar-refractivity contribution in [2.24, 2.45) is 4.99 Å². The van der Waals surface area contributed by atoms with Gasteiger partial charge in [-0.2, -0.15) is 0 Å². The van der Waals surface area contributed by atoms with Crippen molar-refractivity contribution >= 4 is 5.96 Å². The van der Waals surface area contributed by atoms with Gasteiger partial charge >= 0.3 is 0 Å². The maximum atomic E-state index is 13.8. The standard InChI is InChI=1S/C20H25F2N3O3/c1-3-23-20(25-13-15-11-16(21)5-6-17(15)22)24-12-14-4-7-18(28-9-8-26)19(10-14)27-2/h4-7,10-11,26H,3,8-9,12-13H2,1-2H3,(H2,23,24,25). The average Bonchev–Trinajstić information content (AvgIpc) is 2.71. The molecular weight excluding hydrogens is 368 g/mol. The summed E-state index contributed by atoms with van der Waals surface area (Å²) in [6.45, 7) is 3.08. The molecular formula is C20H25F2N3O3. The van der Waals surface area contributed by atoms with Gasteiger partial charge in [-0.15, -0.1) is 0 Å². The normalized spacial score (nSPS) is 11.2. The highest BCUT2D eigenvalue weighted by Gasteiger charge is 2.07. The maximum absolute atomic E-state index is 13.8. The second-order valence-electron chi connectivity index (χ2n) is 5.84. The monoisotopic (exact) mass is 393 g/mol. The molecule has 0 bridgehead atoms. The van der Waals surface area contributed by atoms with Crippen LogP contribution in [0.3, 0.4) is 0 Å². The molecule has 2 aromatic rings. The third-order valence-corrected chi connectivity index (χ3v) is 3.79. The smallest absolute Gasteiger partial charge is 0.191 e. The summed E-state index contributed by atoms with van der Waals surface area (Å²) in [4.78, 5) is 4.46. The zero-order valence-corrected chi connectivity index (χ0v) is 16.0. The number of ether oxygens (including phenoxy) is 2. The van der Waals surface area contributed by atoms with Crippen LogP contribution in [0.25, 0.3) is 0 Å². The highest BCUT2D eigenvalue weighted by Crippen LogP contribution is 2.28. The molecule has 0 unspecified atom stereocenters. The van der Waals surface area contributed by atoms with Crippen LogP contribution in [0.15, 0.2) is 41.4 Å². The van der Waals surface area contributed by atoms with Crippen LogP contribution in [0, 0.1) is 11.6 Å². The van der Waals surface area contributed by atoms with Crippen molar-refractivity contribution < 1.29 is 23.4 Å². The number of aliphatic hydroxyl groups is 1. The molecule has 0 heterocycles. The van der Waals surface area contributed by atoms with Gasteiger partial charge in [0.15, 0.2) is 17.5 Å². The van der Waals surface area contributed by atoms with Crippen LogP contribution >= 0.6 is 0 Å². The topological polar surface area (TPSA) is 75.1 Å². The summed E-state index contributed by atoms with van der Waals surface area (Å²) in [5.41, 5.74) is 1.10. The van der Waals surface area contributed by atoms with E-state index in [1.807, 2.05) is 13.0 Å². The number of rotatable bonds is 9. The minimum Gasteiger partial charge on any atom is -0.493 e. The summed E-state index contributed by atoms with van der Waals surface area (Å²) >= 11 is 0. The van der Waals surface area contributed by atoms with Gasteiger partial charge in [-0.25, -0.2) is 13.8 Å². The third-order valence-electron chi connectivity index (χ3n) is 3.79. The molecule has 28 heavy (non-hydrogen) atoms. The number of aliphatic imine (C=N–C) groups is 1. The van der Waals surface area contributed by atoms with E-state index in [9.17, 15) is 8.78 Å². The Kier molecular flexibility index (Phi) is 8.48. The second-order valence-corrected chi connectivity index (χ2v) is 5.84. The van der Waals surface area contributed by atoms with Crippen molar-refractivity contribution in [2.45, 2.75) is 20.0 Å². The maximum Gasteiger partial charge on any atom is 0.191 e. The van der Waals surface area contributed by atoms with Gasteiger partial charge in [0, 0.05) is 18.7 Å². The number of benzene rings is 2. The molecule has 8 heteroatoms. The fraction of sp³-hybridized carbons (Fsp3) is 0.350. The molecule has 0 aliphatic carbocycles. The highest BCUT2D eigenvalue weighted by molar-refractivity contribution is 5.79. The van der Waals surface area contributed by atoms with Crippen LogP contribution in [0.2, 0.25) is 0 Å². The number of hydrogen-bond donors (Lipinski definition) is 3. The largest absolute Gasteiger partial charge is 0.493 e. The first-order valence-corrected chi connectivity index (χ1v) is 8.94. The number of methoxy groups -OCH3 is 1. The SMILES string of the molecule is CCNC(=NCc1ccc(OCCO)c(OC)c1)NCc1cc(F)ccc1F. The summed E-state index contributed by atoms with van der Waals surface area (Å²) in [6, 6.07) is 8.73. The summed E-state index contributed by atoms with van der Waals surface area (Å²) < 4.78 is 37.8. The molecule has 0 saturated heterocycles. The van der Waals surface area contributed by atoms with Crippen molar-refractivity contribution in [1.29, 1.82) is 0 Å². The van der Waals surface area contributed by atoms with Crippen LogP contribution < -0.4 is 20.1 Å². The Hall–Kier alpha value is -2.87. The van der Waals surface area contributed by atoms with Gasteiger partial charge in [0.05, 0.1) is 20.3 Å². The van der Waals surface area contributed by atoms with E-state index in [4.69, 9.17) is 14.6 Å². The Morgan fingerprint density at radius 3 is 2.64 bits per heavy atom. The third kappa shape index (κ3) is 6.38. The lowest BCUT2D eigenvalue weighted by Gasteiger charge is -2.13. The van der Waals surface area contributed by atoms with Crippen molar-refractivity contribution in [1.82, 2.24) is 10.6 Å². The Labute approximate surface area is 163 Å². The molecule has 0 atom stereocenters. The lowest BCUT2D eigenvalue weighted by molar-refractivity contribution is 0.196. The first-order valence-electron chi connectivity index (χ1n) is 8.94. The molecule has 2 rings (SSSR count). The lowest BCUT2D eigenvalue weighted by atomic mass is 10.2. The Balaban J connectivity index is 2.06. The van der Waals surface area contributed by atoms with E-state index in [2.05, 4.69) is 15.6 Å². The minimum atomic E-state index is -0.490. The molecule has 0 aromatic heterocycles. The van der Waals surface area contributed by atoms with Crippen molar-refractivity contribution in [3.8, 4) is 11.5 Å². The van der Waals surface area contributed by atoms with Gasteiger partial charge in [-0.3, -0.25) is 0 Å². The van der Waals surface area contributed by atoms with Crippen LogP contribution in [0.4, 0.5) is 8.78 Å². The lowest BCUT2D eigenvalue weighted by Crippen LogP contribution is -2.37. The molecule has 0 aliphatic heterocycles. The fourth-order valence-corrected chi connectivity index (χ4v) is 2.46. The molecule has 3 N–H and O–H groups in total. The Bertz CT molecular complexity index is 800. The number of aliphatic hydroxyl groups excluding tert-OH is 1. The van der Waals surface area contributed by atoms with E-state index in [-0.39, 0.29) is 25.3 Å². The molecule has 6 nitrogen and oxygen atoms in total. The first-order chi connectivity index (χ1) is 13.6. The molecule has 0 fully saturated rings. The van der Waals surface area contributed by atoms with Crippen molar-refractivity contribution in [3.05, 3.63) is 59.2 Å². The molecule has 152 valence electrons. The van der Waals surface area contributed by atoms with Gasteiger partial charge in [-0.1, -0.05) is 6.07 Å². The molecule has 0 radical (unpaired) electrons. The molecule has 2 aromatic carbocycles. The number of nitrogens with zero attached hydrogens (tertiary/aromatic N) is 1. The fourth-order valence-electron chi connectivity index (χ4n) is 2.46. The Morgan fingerprint density at radius 1 is 1.11 bits per heavy atom. The van der Waals surface area contributed by atoms with Crippen molar-refractivity contribution in [2.75, 3.05) is 26.9 Å². The number of guanidine groups is 1.